The van der Waals surface area contributed by atoms with Crippen molar-refractivity contribution in [2.24, 2.45) is 0 Å². The maximum atomic E-state index is 5.12. The van der Waals surface area contributed by atoms with E-state index < -0.39 is 0 Å². The summed E-state index contributed by atoms with van der Waals surface area (Å²) in [6, 6.07) is 11.4. The molecule has 2 heteroatoms. The van der Waals surface area contributed by atoms with Crippen LogP contribution < -0.4 is 4.74 Å². The molecule has 0 amide bonds. The van der Waals surface area contributed by atoms with Crippen molar-refractivity contribution >= 4 is 0 Å². The van der Waals surface area contributed by atoms with Crippen LogP contribution in [0, 0.1) is 12.0 Å². The lowest BCUT2D eigenvalue weighted by atomic mass is 10.1. The standard InChI is InChI=1S/C15H19NO/c1-17-15-9-7-14(8-10-15)6-5-13-16-11-3-2-4-12-16/h7-10H,2-4,6,11-12H2,1H3. The molecule has 1 aliphatic rings. The van der Waals surface area contributed by atoms with Crippen molar-refractivity contribution in [1.29, 1.82) is 0 Å². The van der Waals surface area contributed by atoms with Crippen LogP contribution in [-0.2, 0) is 6.42 Å². The van der Waals surface area contributed by atoms with Gasteiger partial charge in [0.05, 0.1) is 7.11 Å². The number of methoxy groups -OCH3 is 1. The van der Waals surface area contributed by atoms with Crippen molar-refractivity contribution < 1.29 is 4.74 Å². The maximum absolute atomic E-state index is 5.12. The fourth-order valence-electron chi connectivity index (χ4n) is 2.00. The normalized spacial score (nSPS) is 15.0. The summed E-state index contributed by atoms with van der Waals surface area (Å²) in [7, 11) is 1.69. The number of hydrogen-bond donors (Lipinski definition) is 0. The first-order chi connectivity index (χ1) is 8.38. The fourth-order valence-corrected chi connectivity index (χ4v) is 2.00. The van der Waals surface area contributed by atoms with Gasteiger partial charge in [0.25, 0.3) is 0 Å². The molecule has 0 saturated carbocycles. The average Bonchev–Trinajstić information content (AvgIpc) is 2.41. The minimum atomic E-state index is 0.820. The Balaban J connectivity index is 1.85. The van der Waals surface area contributed by atoms with E-state index in [2.05, 4.69) is 29.0 Å². The minimum absolute atomic E-state index is 0.820. The van der Waals surface area contributed by atoms with E-state index >= 15 is 0 Å². The number of benzene rings is 1. The van der Waals surface area contributed by atoms with Gasteiger partial charge in [-0.25, -0.2) is 0 Å². The molecule has 1 saturated heterocycles. The largest absolute Gasteiger partial charge is 0.497 e. The fraction of sp³-hybridized carbons (Fsp3) is 0.467. The summed E-state index contributed by atoms with van der Waals surface area (Å²) in [5, 5.41) is 0. The zero-order chi connectivity index (χ0) is 11.9. The van der Waals surface area contributed by atoms with Crippen molar-refractivity contribution in [3.63, 3.8) is 0 Å². The van der Waals surface area contributed by atoms with Crippen molar-refractivity contribution in [2.75, 3.05) is 20.2 Å². The summed E-state index contributed by atoms with van der Waals surface area (Å²) in [5.41, 5.74) is 1.25. The minimum Gasteiger partial charge on any atom is -0.497 e. The third-order valence-electron chi connectivity index (χ3n) is 3.04. The third-order valence-corrected chi connectivity index (χ3v) is 3.04. The molecule has 17 heavy (non-hydrogen) atoms. The molecule has 1 heterocycles. The Morgan fingerprint density at radius 3 is 2.47 bits per heavy atom. The molecule has 0 atom stereocenters. The Labute approximate surface area is 104 Å². The first kappa shape index (κ1) is 11.9. The van der Waals surface area contributed by atoms with E-state index in [1.807, 2.05) is 12.1 Å². The second kappa shape index (κ2) is 6.20. The molecular weight excluding hydrogens is 210 g/mol. The highest BCUT2D eigenvalue weighted by atomic mass is 16.5. The van der Waals surface area contributed by atoms with Gasteiger partial charge in [-0.3, -0.25) is 0 Å². The smallest absolute Gasteiger partial charge is 0.118 e. The highest BCUT2D eigenvalue weighted by Gasteiger charge is 2.04. The second-order valence-corrected chi connectivity index (χ2v) is 4.36. The average molecular weight is 229 g/mol. The van der Waals surface area contributed by atoms with Crippen LogP contribution in [-0.4, -0.2) is 25.1 Å². The molecule has 0 unspecified atom stereocenters. The van der Waals surface area contributed by atoms with E-state index in [4.69, 9.17) is 4.74 Å². The van der Waals surface area contributed by atoms with Crippen LogP contribution in [0.5, 0.6) is 5.75 Å². The number of likely N-dealkylation sites (tertiary alicyclic amines) is 1. The second-order valence-electron chi connectivity index (χ2n) is 4.36. The summed E-state index contributed by atoms with van der Waals surface area (Å²) in [5.74, 6) is 4.14. The maximum Gasteiger partial charge on any atom is 0.118 e. The monoisotopic (exact) mass is 229 g/mol. The predicted octanol–water partition coefficient (Wildman–Crippen LogP) is 2.68. The lowest BCUT2D eigenvalue weighted by molar-refractivity contribution is 0.326. The molecule has 1 aromatic rings. The first-order valence-corrected chi connectivity index (χ1v) is 6.25. The van der Waals surface area contributed by atoms with E-state index in [9.17, 15) is 0 Å². The van der Waals surface area contributed by atoms with Gasteiger partial charge in [-0.2, -0.15) is 0 Å². The Kier molecular flexibility index (Phi) is 4.32. The SMILES string of the molecule is COc1ccc(CC#CN2CCCCC2)cc1. The Bertz CT molecular complexity index is 393. The highest BCUT2D eigenvalue weighted by molar-refractivity contribution is 5.29. The highest BCUT2D eigenvalue weighted by Crippen LogP contribution is 2.11. The van der Waals surface area contributed by atoms with Crippen LogP contribution in [0.3, 0.4) is 0 Å². The lowest BCUT2D eigenvalue weighted by Gasteiger charge is -2.21. The molecular formula is C15H19NO. The first-order valence-electron chi connectivity index (χ1n) is 6.25. The summed E-state index contributed by atoms with van der Waals surface area (Å²) < 4.78 is 5.12. The van der Waals surface area contributed by atoms with Crippen LogP contribution in [0.15, 0.2) is 24.3 Å². The zero-order valence-electron chi connectivity index (χ0n) is 10.4. The van der Waals surface area contributed by atoms with Crippen LogP contribution in [0.25, 0.3) is 0 Å². The number of piperidine rings is 1. The quantitative estimate of drug-likeness (QED) is 0.723. The molecule has 0 bridgehead atoms. The molecule has 2 nitrogen and oxygen atoms in total. The number of rotatable bonds is 2. The van der Waals surface area contributed by atoms with Gasteiger partial charge in [0.1, 0.15) is 5.75 Å². The number of hydrogen-bond acceptors (Lipinski definition) is 2. The summed E-state index contributed by atoms with van der Waals surface area (Å²) in [6.07, 6.45) is 4.76. The molecule has 0 spiro atoms. The molecule has 90 valence electrons. The molecule has 1 fully saturated rings. The molecule has 2 rings (SSSR count). The summed E-state index contributed by atoms with van der Waals surface area (Å²) >= 11 is 0. The van der Waals surface area contributed by atoms with Gasteiger partial charge < -0.3 is 9.64 Å². The van der Waals surface area contributed by atoms with Gasteiger partial charge in [-0.05, 0) is 37.0 Å². The van der Waals surface area contributed by atoms with E-state index in [0.29, 0.717) is 0 Å². The van der Waals surface area contributed by atoms with Crippen LogP contribution in [0.2, 0.25) is 0 Å². The lowest BCUT2D eigenvalue weighted by Crippen LogP contribution is -2.24. The molecule has 0 aromatic heterocycles. The van der Waals surface area contributed by atoms with Gasteiger partial charge in [0.15, 0.2) is 0 Å². The molecule has 1 aliphatic heterocycles. The Morgan fingerprint density at radius 1 is 1.12 bits per heavy atom. The van der Waals surface area contributed by atoms with Crippen LogP contribution in [0.4, 0.5) is 0 Å². The van der Waals surface area contributed by atoms with Crippen molar-refractivity contribution in [1.82, 2.24) is 4.90 Å². The van der Waals surface area contributed by atoms with Crippen molar-refractivity contribution in [3.8, 4) is 17.7 Å². The van der Waals surface area contributed by atoms with Gasteiger partial charge in [0.2, 0.25) is 0 Å². The van der Waals surface area contributed by atoms with Gasteiger partial charge in [-0.15, -0.1) is 0 Å². The predicted molar refractivity (Wildman–Crippen MR) is 69.9 cm³/mol. The molecule has 0 aliphatic carbocycles. The van der Waals surface area contributed by atoms with Crippen LogP contribution in [0.1, 0.15) is 24.8 Å². The van der Waals surface area contributed by atoms with E-state index in [1.165, 1.54) is 24.8 Å². The zero-order valence-corrected chi connectivity index (χ0v) is 10.4. The molecule has 1 aromatic carbocycles. The Hall–Kier alpha value is -1.62. The third kappa shape index (κ3) is 3.71. The summed E-state index contributed by atoms with van der Waals surface area (Å²) in [6.45, 7) is 2.27. The van der Waals surface area contributed by atoms with Gasteiger partial charge in [-0.1, -0.05) is 18.1 Å². The molecule has 0 N–H and O–H groups in total. The van der Waals surface area contributed by atoms with Crippen molar-refractivity contribution in [3.05, 3.63) is 29.8 Å². The van der Waals surface area contributed by atoms with Crippen LogP contribution >= 0.6 is 0 Å². The van der Waals surface area contributed by atoms with Gasteiger partial charge in [0, 0.05) is 25.6 Å². The Morgan fingerprint density at radius 2 is 1.82 bits per heavy atom. The van der Waals surface area contributed by atoms with Gasteiger partial charge >= 0.3 is 0 Å². The number of nitrogens with zero attached hydrogens (tertiary/aromatic N) is 1. The van der Waals surface area contributed by atoms with E-state index in [0.717, 1.165) is 25.3 Å². The number of ether oxygens (including phenoxy) is 1. The topological polar surface area (TPSA) is 12.5 Å². The van der Waals surface area contributed by atoms with E-state index in [1.54, 1.807) is 7.11 Å². The molecule has 0 radical (unpaired) electrons. The van der Waals surface area contributed by atoms with E-state index in [-0.39, 0.29) is 0 Å². The summed E-state index contributed by atoms with van der Waals surface area (Å²) in [4.78, 5) is 2.24. The van der Waals surface area contributed by atoms with Crippen molar-refractivity contribution in [2.45, 2.75) is 25.7 Å².